The van der Waals surface area contributed by atoms with Crippen molar-refractivity contribution in [3.05, 3.63) is 57.6 Å². The summed E-state index contributed by atoms with van der Waals surface area (Å²) >= 11 is 5.90. The van der Waals surface area contributed by atoms with E-state index in [2.05, 4.69) is 4.18 Å². The minimum atomic E-state index is -6.20. The molecule has 0 heterocycles. The Morgan fingerprint density at radius 1 is 1.06 bits per heavy atom. The van der Waals surface area contributed by atoms with E-state index in [0.717, 1.165) is 5.56 Å². The molecule has 2 aromatic rings. The fourth-order valence-electron chi connectivity index (χ4n) is 2.62. The van der Waals surface area contributed by atoms with E-state index in [1.807, 2.05) is 13.8 Å². The SMILES string of the molecule is COCOc1ccc(Cc2c(Cl)cc(OS(=O)(=O)C(F)(F)F)c(F)c2F)cc1C(C)C. The second-order valence-electron chi connectivity index (χ2n) is 6.70. The first kappa shape index (κ1) is 25.2. The number of hydrogen-bond donors (Lipinski definition) is 0. The standard InChI is InChI=1S/C19H18ClF5O5S/c1-10(2)12-6-11(4-5-15(12)29-9-28-3)7-13-14(20)8-16(18(22)17(13)21)30-31(26,27)19(23,24)25/h4-6,8,10H,7,9H2,1-3H3. The maximum Gasteiger partial charge on any atom is 0.534 e. The van der Waals surface area contributed by atoms with Gasteiger partial charge in [-0.2, -0.15) is 26.0 Å². The predicted octanol–water partition coefficient (Wildman–Crippen LogP) is 5.54. The Morgan fingerprint density at radius 2 is 1.71 bits per heavy atom. The van der Waals surface area contributed by atoms with E-state index in [0.29, 0.717) is 17.4 Å². The van der Waals surface area contributed by atoms with E-state index in [1.165, 1.54) is 7.11 Å². The molecular formula is C19H18ClF5O5S. The second kappa shape index (κ2) is 9.58. The van der Waals surface area contributed by atoms with Gasteiger partial charge in [0.2, 0.25) is 5.82 Å². The molecule has 0 bridgehead atoms. The molecule has 0 fully saturated rings. The van der Waals surface area contributed by atoms with Gasteiger partial charge in [-0.05, 0) is 23.1 Å². The summed E-state index contributed by atoms with van der Waals surface area (Å²) in [5, 5.41) is -0.503. The van der Waals surface area contributed by atoms with Gasteiger partial charge in [0.25, 0.3) is 0 Å². The van der Waals surface area contributed by atoms with E-state index in [-0.39, 0.29) is 24.7 Å². The first-order valence-electron chi connectivity index (χ1n) is 8.70. The van der Waals surface area contributed by atoms with Crippen LogP contribution in [0.3, 0.4) is 0 Å². The molecule has 0 aliphatic rings. The van der Waals surface area contributed by atoms with E-state index in [9.17, 15) is 30.4 Å². The molecule has 0 aliphatic carbocycles. The molecule has 0 spiro atoms. The van der Waals surface area contributed by atoms with Crippen LogP contribution in [0.4, 0.5) is 22.0 Å². The number of halogens is 6. The summed E-state index contributed by atoms with van der Waals surface area (Å²) in [5.74, 6) is -4.48. The zero-order chi connectivity index (χ0) is 23.6. The summed E-state index contributed by atoms with van der Waals surface area (Å²) in [6.07, 6.45) is -0.224. The lowest BCUT2D eigenvalue weighted by molar-refractivity contribution is -0.0501. The average Bonchev–Trinajstić information content (AvgIpc) is 2.66. The zero-order valence-corrected chi connectivity index (χ0v) is 18.1. The minimum Gasteiger partial charge on any atom is -0.467 e. The third kappa shape index (κ3) is 5.78. The van der Waals surface area contributed by atoms with Gasteiger partial charge >= 0.3 is 15.6 Å². The minimum absolute atomic E-state index is 0.00668. The van der Waals surface area contributed by atoms with Crippen LogP contribution in [0.2, 0.25) is 5.02 Å². The van der Waals surface area contributed by atoms with Crippen molar-refractivity contribution in [2.24, 2.45) is 0 Å². The summed E-state index contributed by atoms with van der Waals surface area (Å²) in [6, 6.07) is 5.35. The van der Waals surface area contributed by atoms with Gasteiger partial charge < -0.3 is 13.7 Å². The Labute approximate surface area is 180 Å². The molecule has 0 saturated carbocycles. The molecule has 0 radical (unpaired) electrons. The molecular weight excluding hydrogens is 471 g/mol. The lowest BCUT2D eigenvalue weighted by Gasteiger charge is -2.16. The van der Waals surface area contributed by atoms with Gasteiger partial charge in [0.15, 0.2) is 18.4 Å². The van der Waals surface area contributed by atoms with Crippen LogP contribution >= 0.6 is 11.6 Å². The summed E-state index contributed by atoms with van der Waals surface area (Å²) < 4.78 is 102. The van der Waals surface area contributed by atoms with E-state index < -0.39 is 38.0 Å². The van der Waals surface area contributed by atoms with Crippen LogP contribution in [-0.4, -0.2) is 27.8 Å². The van der Waals surface area contributed by atoms with Crippen molar-refractivity contribution in [2.45, 2.75) is 31.7 Å². The molecule has 0 atom stereocenters. The van der Waals surface area contributed by atoms with Crippen LogP contribution < -0.4 is 8.92 Å². The van der Waals surface area contributed by atoms with Crippen LogP contribution in [0.15, 0.2) is 24.3 Å². The molecule has 2 aromatic carbocycles. The van der Waals surface area contributed by atoms with Crippen molar-refractivity contribution in [3.63, 3.8) is 0 Å². The highest BCUT2D eigenvalue weighted by Crippen LogP contribution is 2.35. The Hall–Kier alpha value is -2.11. The van der Waals surface area contributed by atoms with E-state index in [1.54, 1.807) is 18.2 Å². The Balaban J connectivity index is 2.41. The van der Waals surface area contributed by atoms with Crippen molar-refractivity contribution in [3.8, 4) is 11.5 Å². The van der Waals surface area contributed by atoms with Gasteiger partial charge in [0.1, 0.15) is 5.75 Å². The van der Waals surface area contributed by atoms with Gasteiger partial charge in [-0.3, -0.25) is 0 Å². The van der Waals surface area contributed by atoms with Crippen molar-refractivity contribution in [1.29, 1.82) is 0 Å². The highest BCUT2D eigenvalue weighted by atomic mass is 35.5. The molecule has 5 nitrogen and oxygen atoms in total. The number of ether oxygens (including phenoxy) is 2. The van der Waals surface area contributed by atoms with Gasteiger partial charge in [0, 0.05) is 25.2 Å². The average molecular weight is 489 g/mol. The summed E-state index contributed by atoms with van der Waals surface area (Å²) in [5.41, 5.74) is -4.94. The monoisotopic (exact) mass is 488 g/mol. The van der Waals surface area contributed by atoms with Crippen LogP contribution in [0.5, 0.6) is 11.5 Å². The van der Waals surface area contributed by atoms with Gasteiger partial charge in [-0.1, -0.05) is 37.6 Å². The maximum atomic E-state index is 14.5. The predicted molar refractivity (Wildman–Crippen MR) is 103 cm³/mol. The van der Waals surface area contributed by atoms with E-state index in [4.69, 9.17) is 21.1 Å². The number of hydrogen-bond acceptors (Lipinski definition) is 5. The van der Waals surface area contributed by atoms with Crippen molar-refractivity contribution in [2.75, 3.05) is 13.9 Å². The molecule has 0 unspecified atom stereocenters. The largest absolute Gasteiger partial charge is 0.534 e. The number of alkyl halides is 3. The summed E-state index contributed by atoms with van der Waals surface area (Å²) in [7, 11) is -4.74. The Kier molecular flexibility index (Phi) is 7.77. The maximum absolute atomic E-state index is 14.5. The molecule has 172 valence electrons. The van der Waals surface area contributed by atoms with E-state index >= 15 is 0 Å². The number of benzene rings is 2. The van der Waals surface area contributed by atoms with Crippen molar-refractivity contribution >= 4 is 21.7 Å². The molecule has 12 heteroatoms. The van der Waals surface area contributed by atoms with Crippen molar-refractivity contribution in [1.82, 2.24) is 0 Å². The molecule has 0 N–H and O–H groups in total. The van der Waals surface area contributed by atoms with Gasteiger partial charge in [-0.25, -0.2) is 4.39 Å². The Morgan fingerprint density at radius 3 is 2.26 bits per heavy atom. The molecule has 0 aliphatic heterocycles. The van der Waals surface area contributed by atoms with Crippen LogP contribution in [0.25, 0.3) is 0 Å². The van der Waals surface area contributed by atoms with Crippen LogP contribution in [0, 0.1) is 11.6 Å². The van der Waals surface area contributed by atoms with Gasteiger partial charge in [0.05, 0.1) is 5.02 Å². The molecule has 0 aromatic heterocycles. The quantitative estimate of drug-likeness (QED) is 0.160. The molecule has 0 amide bonds. The number of methoxy groups -OCH3 is 1. The molecule has 0 saturated heterocycles. The first-order valence-corrected chi connectivity index (χ1v) is 10.5. The highest BCUT2D eigenvalue weighted by molar-refractivity contribution is 7.88. The zero-order valence-electron chi connectivity index (χ0n) is 16.5. The number of rotatable bonds is 8. The lowest BCUT2D eigenvalue weighted by atomic mass is 9.96. The van der Waals surface area contributed by atoms with Crippen LogP contribution in [0.1, 0.15) is 36.5 Å². The molecule has 31 heavy (non-hydrogen) atoms. The van der Waals surface area contributed by atoms with Crippen LogP contribution in [-0.2, 0) is 21.3 Å². The van der Waals surface area contributed by atoms with Crippen molar-refractivity contribution < 1.29 is 44.0 Å². The highest BCUT2D eigenvalue weighted by Gasteiger charge is 2.49. The molecule has 2 rings (SSSR count). The fourth-order valence-corrected chi connectivity index (χ4v) is 3.32. The first-order chi connectivity index (χ1) is 14.3. The van der Waals surface area contributed by atoms with Gasteiger partial charge in [-0.15, -0.1) is 0 Å². The second-order valence-corrected chi connectivity index (χ2v) is 8.65. The normalized spacial score (nSPS) is 12.3. The smallest absolute Gasteiger partial charge is 0.467 e. The third-order valence-corrected chi connectivity index (χ3v) is 5.42. The summed E-state index contributed by atoms with van der Waals surface area (Å²) in [6.45, 7) is 3.78. The third-order valence-electron chi connectivity index (χ3n) is 4.11. The fraction of sp³-hybridized carbons (Fsp3) is 0.368. The topological polar surface area (TPSA) is 61.8 Å². The lowest BCUT2D eigenvalue weighted by Crippen LogP contribution is -2.28. The summed E-state index contributed by atoms with van der Waals surface area (Å²) in [4.78, 5) is 0. The Bertz CT molecular complexity index is 1050.